The molecule has 0 radical (unpaired) electrons. The average Bonchev–Trinajstić information content (AvgIpc) is 2.89. The molecule has 3 aromatic rings. The molecule has 2 heterocycles. The lowest BCUT2D eigenvalue weighted by Crippen LogP contribution is -2.25. The van der Waals surface area contributed by atoms with Gasteiger partial charge in [-0.2, -0.15) is 0 Å². The third-order valence-corrected chi connectivity index (χ3v) is 6.54. The minimum absolute atomic E-state index is 0.260. The maximum Gasteiger partial charge on any atom is 0.159 e. The zero-order chi connectivity index (χ0) is 25.0. The Morgan fingerprint density at radius 3 is 2.11 bits per heavy atom. The van der Waals surface area contributed by atoms with Crippen LogP contribution in [-0.4, -0.2) is 39.6 Å². The van der Waals surface area contributed by atoms with Crippen molar-refractivity contribution < 1.29 is 9.68 Å². The quantitative estimate of drug-likeness (QED) is 0.403. The van der Waals surface area contributed by atoms with Gasteiger partial charge in [-0.05, 0) is 62.6 Å². The van der Waals surface area contributed by atoms with Gasteiger partial charge < -0.3 is 9.68 Å². The van der Waals surface area contributed by atoms with Gasteiger partial charge in [-0.15, -0.1) is 0 Å². The summed E-state index contributed by atoms with van der Waals surface area (Å²) in [5.74, 6) is 0.714. The van der Waals surface area contributed by atoms with E-state index < -0.39 is 0 Å². The molecular formula is C29H33N5O2. The molecule has 0 amide bonds. The standard InChI is InChI=1S/C29H33N5O2/c1-20-15-16-21-11-7-13-24(26(21)31-20)33-35-18-29(2,3)19-36-34-25-14-8-12-23-17-30-28(32-27(23)25)22-9-5-4-6-10-22/h4-6,9-10,15-17H,7-8,11-14,18-19H2,1-3H3. The minimum atomic E-state index is -0.260. The second-order valence-corrected chi connectivity index (χ2v) is 10.4. The molecule has 0 aliphatic heterocycles. The Bertz CT molecular complexity index is 1280. The number of hydrogen-bond donors (Lipinski definition) is 0. The third kappa shape index (κ3) is 5.61. The Kier molecular flexibility index (Phi) is 7.07. The number of pyridine rings is 1. The Labute approximate surface area is 212 Å². The first-order valence-corrected chi connectivity index (χ1v) is 12.7. The highest BCUT2D eigenvalue weighted by molar-refractivity contribution is 6.01. The molecule has 2 aromatic heterocycles. The van der Waals surface area contributed by atoms with Crippen LogP contribution in [0.3, 0.4) is 0 Å². The number of hydrogen-bond acceptors (Lipinski definition) is 7. The van der Waals surface area contributed by atoms with Gasteiger partial charge >= 0.3 is 0 Å². The number of aromatic nitrogens is 3. The molecule has 0 bridgehead atoms. The van der Waals surface area contributed by atoms with E-state index in [1.165, 1.54) is 5.56 Å². The first kappa shape index (κ1) is 24.1. The van der Waals surface area contributed by atoms with E-state index in [2.05, 4.69) is 41.3 Å². The van der Waals surface area contributed by atoms with Crippen LogP contribution in [0.5, 0.6) is 0 Å². The lowest BCUT2D eigenvalue weighted by Gasteiger charge is -2.23. The molecule has 7 heteroatoms. The van der Waals surface area contributed by atoms with Gasteiger partial charge in [0, 0.05) is 22.9 Å². The summed E-state index contributed by atoms with van der Waals surface area (Å²) in [5, 5.41) is 8.97. The van der Waals surface area contributed by atoms with E-state index in [-0.39, 0.29) is 5.41 Å². The molecule has 5 rings (SSSR count). The van der Waals surface area contributed by atoms with E-state index in [1.54, 1.807) is 0 Å². The van der Waals surface area contributed by atoms with Crippen LogP contribution in [-0.2, 0) is 22.5 Å². The van der Waals surface area contributed by atoms with Crippen LogP contribution in [0.2, 0.25) is 0 Å². The summed E-state index contributed by atoms with van der Waals surface area (Å²) >= 11 is 0. The van der Waals surface area contributed by atoms with Crippen molar-refractivity contribution in [3.8, 4) is 11.4 Å². The molecule has 0 atom stereocenters. The molecule has 2 aliphatic rings. The van der Waals surface area contributed by atoms with Crippen LogP contribution in [0.4, 0.5) is 0 Å². The van der Waals surface area contributed by atoms with Crippen LogP contribution in [0.25, 0.3) is 11.4 Å². The van der Waals surface area contributed by atoms with Crippen LogP contribution in [0.1, 0.15) is 67.7 Å². The van der Waals surface area contributed by atoms with Crippen molar-refractivity contribution in [3.05, 3.63) is 76.9 Å². The minimum Gasteiger partial charge on any atom is -0.395 e. The molecule has 1 aromatic carbocycles. The Morgan fingerprint density at radius 2 is 1.42 bits per heavy atom. The van der Waals surface area contributed by atoms with Crippen molar-refractivity contribution in [1.82, 2.24) is 15.0 Å². The summed E-state index contributed by atoms with van der Waals surface area (Å²) < 4.78 is 0. The lowest BCUT2D eigenvalue weighted by molar-refractivity contribution is -0.000311. The van der Waals surface area contributed by atoms with Gasteiger partial charge in [-0.3, -0.25) is 4.98 Å². The topological polar surface area (TPSA) is 81.9 Å². The van der Waals surface area contributed by atoms with Gasteiger partial charge in [0.1, 0.15) is 24.6 Å². The van der Waals surface area contributed by atoms with E-state index in [0.29, 0.717) is 19.0 Å². The van der Waals surface area contributed by atoms with E-state index in [0.717, 1.165) is 78.2 Å². The summed E-state index contributed by atoms with van der Waals surface area (Å²) in [7, 11) is 0. The summed E-state index contributed by atoms with van der Waals surface area (Å²) in [6.07, 6.45) is 7.75. The molecule has 0 fully saturated rings. The van der Waals surface area contributed by atoms with Gasteiger partial charge in [-0.1, -0.05) is 60.6 Å². The maximum absolute atomic E-state index is 5.84. The molecule has 36 heavy (non-hydrogen) atoms. The largest absolute Gasteiger partial charge is 0.395 e. The highest BCUT2D eigenvalue weighted by Crippen LogP contribution is 2.25. The average molecular weight is 484 g/mol. The molecule has 0 saturated carbocycles. The molecule has 0 unspecified atom stereocenters. The van der Waals surface area contributed by atoms with E-state index in [1.807, 2.05) is 43.5 Å². The first-order chi connectivity index (χ1) is 17.5. The van der Waals surface area contributed by atoms with Gasteiger partial charge in [0.15, 0.2) is 5.82 Å². The van der Waals surface area contributed by atoms with Crippen molar-refractivity contribution in [2.75, 3.05) is 13.2 Å². The normalized spacial score (nSPS) is 17.5. The van der Waals surface area contributed by atoms with Gasteiger partial charge in [0.25, 0.3) is 0 Å². The fourth-order valence-electron chi connectivity index (χ4n) is 4.52. The third-order valence-electron chi connectivity index (χ3n) is 6.54. The highest BCUT2D eigenvalue weighted by Gasteiger charge is 2.24. The maximum atomic E-state index is 5.84. The summed E-state index contributed by atoms with van der Waals surface area (Å²) in [6, 6.07) is 14.2. The fourth-order valence-corrected chi connectivity index (χ4v) is 4.52. The number of nitrogens with zero attached hydrogens (tertiary/aromatic N) is 5. The number of rotatable bonds is 7. The Hall–Kier alpha value is -3.61. The number of aryl methyl sites for hydroxylation is 3. The SMILES string of the molecule is Cc1ccc2c(n1)C(=NOCC(C)(C)CON=C1CCCc3cnc(-c4ccccc4)nc31)CCC2. The highest BCUT2D eigenvalue weighted by atomic mass is 16.6. The van der Waals surface area contributed by atoms with E-state index >= 15 is 0 Å². The fraction of sp³-hybridized carbons (Fsp3) is 0.414. The van der Waals surface area contributed by atoms with Crippen molar-refractivity contribution in [1.29, 1.82) is 0 Å². The van der Waals surface area contributed by atoms with Crippen LogP contribution >= 0.6 is 0 Å². The second-order valence-electron chi connectivity index (χ2n) is 10.4. The second kappa shape index (κ2) is 10.6. The molecule has 0 spiro atoms. The van der Waals surface area contributed by atoms with Gasteiger partial charge in [-0.25, -0.2) is 9.97 Å². The lowest BCUT2D eigenvalue weighted by atomic mass is 9.94. The zero-order valence-electron chi connectivity index (χ0n) is 21.3. The van der Waals surface area contributed by atoms with Crippen LogP contribution < -0.4 is 0 Å². The molecule has 0 N–H and O–H groups in total. The van der Waals surface area contributed by atoms with Gasteiger partial charge in [0.2, 0.25) is 0 Å². The molecule has 7 nitrogen and oxygen atoms in total. The van der Waals surface area contributed by atoms with E-state index in [4.69, 9.17) is 19.6 Å². The van der Waals surface area contributed by atoms with Crippen molar-refractivity contribution in [3.63, 3.8) is 0 Å². The number of fused-ring (bicyclic) bond motifs is 2. The molecular weight excluding hydrogens is 450 g/mol. The molecule has 0 saturated heterocycles. The van der Waals surface area contributed by atoms with Gasteiger partial charge in [0.05, 0.1) is 11.4 Å². The number of oxime groups is 2. The van der Waals surface area contributed by atoms with Crippen LogP contribution in [0.15, 0.2) is 59.0 Å². The van der Waals surface area contributed by atoms with Crippen LogP contribution in [0, 0.1) is 12.3 Å². The summed E-state index contributed by atoms with van der Waals surface area (Å²) in [6.45, 7) is 7.04. The van der Waals surface area contributed by atoms with Crippen molar-refractivity contribution in [2.45, 2.75) is 59.3 Å². The van der Waals surface area contributed by atoms with E-state index in [9.17, 15) is 0 Å². The number of benzene rings is 1. The smallest absolute Gasteiger partial charge is 0.159 e. The first-order valence-electron chi connectivity index (χ1n) is 12.7. The predicted octanol–water partition coefficient (Wildman–Crippen LogP) is 5.69. The molecule has 2 aliphatic carbocycles. The van der Waals surface area contributed by atoms with Crippen molar-refractivity contribution in [2.24, 2.45) is 15.7 Å². The predicted molar refractivity (Wildman–Crippen MR) is 141 cm³/mol. The summed E-state index contributed by atoms with van der Waals surface area (Å²) in [4.78, 5) is 25.7. The van der Waals surface area contributed by atoms with Crippen molar-refractivity contribution >= 4 is 11.4 Å². The molecule has 186 valence electrons. The Morgan fingerprint density at radius 1 is 0.778 bits per heavy atom. The Balaban J connectivity index is 1.22. The summed E-state index contributed by atoms with van der Waals surface area (Å²) in [5.41, 5.74) is 7.81. The monoisotopic (exact) mass is 483 g/mol. The zero-order valence-corrected chi connectivity index (χ0v) is 21.3.